The average Bonchev–Trinajstić information content (AvgIpc) is 2.87. The van der Waals surface area contributed by atoms with E-state index in [-0.39, 0.29) is 0 Å². The highest BCUT2D eigenvalue weighted by molar-refractivity contribution is 7.11. The van der Waals surface area contributed by atoms with Crippen LogP contribution in [0.5, 0.6) is 0 Å². The summed E-state index contributed by atoms with van der Waals surface area (Å²) in [7, 11) is 0. The van der Waals surface area contributed by atoms with Gasteiger partial charge in [0.2, 0.25) is 0 Å². The van der Waals surface area contributed by atoms with Gasteiger partial charge in [-0.2, -0.15) is 0 Å². The van der Waals surface area contributed by atoms with E-state index < -0.39 is 11.9 Å². The monoisotopic (exact) mass is 256 g/mol. The molecule has 0 bridgehead atoms. The van der Waals surface area contributed by atoms with Crippen LogP contribution in [0.15, 0.2) is 41.8 Å². The maximum absolute atomic E-state index is 11.8. The molecule has 1 aliphatic rings. The SMILES string of the molecule is O=C1OC(=O)c2ccccc2/C1=C\c1cccs1. The fraction of sp³-hybridized carbons (Fsp3) is 0. The van der Waals surface area contributed by atoms with E-state index in [1.54, 1.807) is 30.3 Å². The molecule has 0 unspecified atom stereocenters. The van der Waals surface area contributed by atoms with Gasteiger partial charge in [-0.3, -0.25) is 0 Å². The molecule has 0 radical (unpaired) electrons. The molecule has 0 atom stereocenters. The first-order chi connectivity index (χ1) is 8.75. The Labute approximate surface area is 107 Å². The van der Waals surface area contributed by atoms with E-state index in [2.05, 4.69) is 0 Å². The number of thiophene rings is 1. The molecule has 2 heterocycles. The first-order valence-corrected chi connectivity index (χ1v) is 6.25. The molecule has 3 nitrogen and oxygen atoms in total. The molecule has 3 rings (SSSR count). The first-order valence-electron chi connectivity index (χ1n) is 5.37. The maximum atomic E-state index is 11.8. The van der Waals surface area contributed by atoms with E-state index in [9.17, 15) is 9.59 Å². The highest BCUT2D eigenvalue weighted by atomic mass is 32.1. The quantitative estimate of drug-likeness (QED) is 0.447. The van der Waals surface area contributed by atoms with Gasteiger partial charge in [0.15, 0.2) is 0 Å². The Balaban J connectivity index is 2.18. The van der Waals surface area contributed by atoms with Gasteiger partial charge in [0.05, 0.1) is 11.1 Å². The average molecular weight is 256 g/mol. The number of fused-ring (bicyclic) bond motifs is 1. The second-order valence-corrected chi connectivity index (χ2v) is 4.78. The standard InChI is InChI=1S/C14H8O3S/c15-13-11-6-2-1-5-10(11)12(14(16)17-13)8-9-4-3-7-18-9/h1-8H/b12-8+. The van der Waals surface area contributed by atoms with Gasteiger partial charge in [-0.1, -0.05) is 24.3 Å². The third-order valence-corrected chi connectivity index (χ3v) is 3.49. The summed E-state index contributed by atoms with van der Waals surface area (Å²) in [5.41, 5.74) is 1.49. The summed E-state index contributed by atoms with van der Waals surface area (Å²) in [6, 6.07) is 10.8. The van der Waals surface area contributed by atoms with Crippen LogP contribution in [0.3, 0.4) is 0 Å². The summed E-state index contributed by atoms with van der Waals surface area (Å²) in [5, 5.41) is 1.93. The lowest BCUT2D eigenvalue weighted by molar-refractivity contribution is -0.131. The summed E-state index contributed by atoms with van der Waals surface area (Å²) >= 11 is 1.52. The molecular formula is C14H8O3S. The smallest absolute Gasteiger partial charge is 0.346 e. The molecule has 0 fully saturated rings. The second kappa shape index (κ2) is 4.23. The van der Waals surface area contributed by atoms with Crippen LogP contribution in [-0.4, -0.2) is 11.9 Å². The van der Waals surface area contributed by atoms with Crippen LogP contribution < -0.4 is 0 Å². The number of hydrogen-bond donors (Lipinski definition) is 0. The van der Waals surface area contributed by atoms with E-state index in [1.165, 1.54) is 11.3 Å². The summed E-state index contributed by atoms with van der Waals surface area (Å²) in [6.07, 6.45) is 1.75. The Bertz CT molecular complexity index is 653. The van der Waals surface area contributed by atoms with Crippen molar-refractivity contribution in [2.45, 2.75) is 0 Å². The van der Waals surface area contributed by atoms with Crippen molar-refractivity contribution in [3.8, 4) is 0 Å². The van der Waals surface area contributed by atoms with Crippen molar-refractivity contribution in [3.05, 3.63) is 57.8 Å². The number of ether oxygens (including phenoxy) is 1. The summed E-state index contributed by atoms with van der Waals surface area (Å²) in [6.45, 7) is 0. The molecular weight excluding hydrogens is 248 g/mol. The molecule has 4 heteroatoms. The lowest BCUT2D eigenvalue weighted by Gasteiger charge is -2.16. The zero-order chi connectivity index (χ0) is 12.5. The van der Waals surface area contributed by atoms with E-state index in [0.29, 0.717) is 16.7 Å². The lowest BCUT2D eigenvalue weighted by Crippen LogP contribution is -2.21. The van der Waals surface area contributed by atoms with Crippen LogP contribution in [0.25, 0.3) is 11.6 Å². The van der Waals surface area contributed by atoms with Crippen molar-refractivity contribution in [2.75, 3.05) is 0 Å². The molecule has 0 aliphatic carbocycles. The third-order valence-electron chi connectivity index (χ3n) is 2.67. The Hall–Kier alpha value is -2.20. The molecule has 1 aromatic heterocycles. The third kappa shape index (κ3) is 1.76. The van der Waals surface area contributed by atoms with Crippen LogP contribution in [0.4, 0.5) is 0 Å². The van der Waals surface area contributed by atoms with Crippen LogP contribution in [0, 0.1) is 0 Å². The van der Waals surface area contributed by atoms with E-state index in [1.807, 2.05) is 17.5 Å². The number of esters is 2. The Kier molecular flexibility index (Phi) is 2.57. The normalized spacial score (nSPS) is 16.6. The minimum absolute atomic E-state index is 0.424. The van der Waals surface area contributed by atoms with Crippen LogP contribution in [-0.2, 0) is 9.53 Å². The molecule has 88 valence electrons. The molecule has 0 spiro atoms. The van der Waals surface area contributed by atoms with Gasteiger partial charge in [-0.05, 0) is 23.6 Å². The molecule has 0 amide bonds. The van der Waals surface area contributed by atoms with Crippen LogP contribution in [0.1, 0.15) is 20.8 Å². The summed E-state index contributed by atoms with van der Waals surface area (Å²) in [4.78, 5) is 24.3. The summed E-state index contributed by atoms with van der Waals surface area (Å²) in [5.74, 6) is -1.17. The lowest BCUT2D eigenvalue weighted by atomic mass is 9.97. The van der Waals surface area contributed by atoms with Crippen molar-refractivity contribution < 1.29 is 14.3 Å². The van der Waals surface area contributed by atoms with Crippen molar-refractivity contribution in [3.63, 3.8) is 0 Å². The topological polar surface area (TPSA) is 43.4 Å². The van der Waals surface area contributed by atoms with Crippen molar-refractivity contribution in [2.24, 2.45) is 0 Å². The highest BCUT2D eigenvalue weighted by Crippen LogP contribution is 2.29. The Morgan fingerprint density at radius 2 is 1.72 bits per heavy atom. The Morgan fingerprint density at radius 3 is 2.44 bits per heavy atom. The van der Waals surface area contributed by atoms with Gasteiger partial charge in [-0.25, -0.2) is 9.59 Å². The van der Waals surface area contributed by atoms with Crippen molar-refractivity contribution in [1.29, 1.82) is 0 Å². The maximum Gasteiger partial charge on any atom is 0.346 e. The molecule has 0 N–H and O–H groups in total. The largest absolute Gasteiger partial charge is 0.386 e. The number of hydrogen-bond acceptors (Lipinski definition) is 4. The number of carbonyl (C=O) groups is 2. The van der Waals surface area contributed by atoms with Gasteiger partial charge in [0.25, 0.3) is 0 Å². The fourth-order valence-corrected chi connectivity index (χ4v) is 2.51. The number of cyclic esters (lactones) is 2. The number of benzene rings is 1. The molecule has 0 saturated carbocycles. The zero-order valence-electron chi connectivity index (χ0n) is 9.25. The summed E-state index contributed by atoms with van der Waals surface area (Å²) < 4.78 is 4.73. The van der Waals surface area contributed by atoms with E-state index >= 15 is 0 Å². The Morgan fingerprint density at radius 1 is 0.944 bits per heavy atom. The van der Waals surface area contributed by atoms with Gasteiger partial charge >= 0.3 is 11.9 Å². The molecule has 18 heavy (non-hydrogen) atoms. The molecule has 1 aliphatic heterocycles. The van der Waals surface area contributed by atoms with Crippen molar-refractivity contribution in [1.82, 2.24) is 0 Å². The van der Waals surface area contributed by atoms with Crippen LogP contribution in [0.2, 0.25) is 0 Å². The first kappa shape index (κ1) is 10.9. The van der Waals surface area contributed by atoms with Gasteiger partial charge in [0, 0.05) is 10.4 Å². The molecule has 2 aromatic rings. The van der Waals surface area contributed by atoms with Gasteiger partial charge in [-0.15, -0.1) is 11.3 Å². The number of rotatable bonds is 1. The predicted octanol–water partition coefficient (Wildman–Crippen LogP) is 2.99. The van der Waals surface area contributed by atoms with Crippen LogP contribution >= 0.6 is 11.3 Å². The van der Waals surface area contributed by atoms with Gasteiger partial charge in [0.1, 0.15) is 0 Å². The minimum atomic E-state index is -0.591. The van der Waals surface area contributed by atoms with E-state index in [4.69, 9.17) is 4.74 Å². The fourth-order valence-electron chi connectivity index (χ4n) is 1.85. The number of carbonyl (C=O) groups excluding carboxylic acids is 2. The molecule has 1 aromatic carbocycles. The van der Waals surface area contributed by atoms with Crippen molar-refractivity contribution >= 4 is 34.9 Å². The van der Waals surface area contributed by atoms with Gasteiger partial charge < -0.3 is 4.74 Å². The minimum Gasteiger partial charge on any atom is -0.386 e. The van der Waals surface area contributed by atoms with E-state index in [0.717, 1.165) is 4.88 Å². The second-order valence-electron chi connectivity index (χ2n) is 3.80. The molecule has 0 saturated heterocycles. The highest BCUT2D eigenvalue weighted by Gasteiger charge is 2.29. The predicted molar refractivity (Wildman–Crippen MR) is 69.1 cm³/mol. The zero-order valence-corrected chi connectivity index (χ0v) is 10.1.